The molecule has 0 aliphatic carbocycles. The Morgan fingerprint density at radius 2 is 2.24 bits per heavy atom. The van der Waals surface area contributed by atoms with Crippen molar-refractivity contribution in [3.8, 4) is 11.1 Å². The highest BCUT2D eigenvalue weighted by Gasteiger charge is 2.08. The maximum absolute atomic E-state index is 10.5. The lowest BCUT2D eigenvalue weighted by Crippen LogP contribution is -2.23. The average Bonchev–Trinajstić information content (AvgIpc) is 2.90. The summed E-state index contributed by atoms with van der Waals surface area (Å²) in [5.41, 5.74) is 3.82. The maximum atomic E-state index is 10.5. The molecule has 3 aromatic rings. The third-order valence-electron chi connectivity index (χ3n) is 3.23. The molecule has 0 aliphatic rings. The van der Waals surface area contributed by atoms with Crippen LogP contribution < -0.4 is 5.32 Å². The second kappa shape index (κ2) is 5.62. The zero-order valence-corrected chi connectivity index (χ0v) is 11.2. The highest BCUT2D eigenvalue weighted by Crippen LogP contribution is 2.27. The SMILES string of the molecule is O=C(O)NCCc1cc2c(-c3cccnc3)ccnc2[nH]1. The maximum Gasteiger partial charge on any atom is 0.404 e. The smallest absolute Gasteiger partial charge is 0.404 e. The first-order valence-corrected chi connectivity index (χ1v) is 6.58. The number of carbonyl (C=O) groups is 1. The molecule has 0 unspecified atom stereocenters. The molecule has 0 saturated carbocycles. The van der Waals surface area contributed by atoms with Gasteiger partial charge in [-0.15, -0.1) is 0 Å². The summed E-state index contributed by atoms with van der Waals surface area (Å²) in [4.78, 5) is 22.1. The van der Waals surface area contributed by atoms with E-state index in [0.717, 1.165) is 27.9 Å². The van der Waals surface area contributed by atoms with Crippen LogP contribution in [0.5, 0.6) is 0 Å². The fourth-order valence-corrected chi connectivity index (χ4v) is 2.29. The number of nitrogens with one attached hydrogen (secondary N) is 2. The van der Waals surface area contributed by atoms with Crippen molar-refractivity contribution in [3.63, 3.8) is 0 Å². The molecule has 3 aromatic heterocycles. The summed E-state index contributed by atoms with van der Waals surface area (Å²) in [5, 5.41) is 11.9. The summed E-state index contributed by atoms with van der Waals surface area (Å²) in [5.74, 6) is 0. The van der Waals surface area contributed by atoms with Crippen LogP contribution in [0.4, 0.5) is 4.79 Å². The molecule has 3 rings (SSSR count). The molecule has 0 bridgehead atoms. The highest BCUT2D eigenvalue weighted by molar-refractivity contribution is 5.93. The predicted molar refractivity (Wildman–Crippen MR) is 79.1 cm³/mol. The van der Waals surface area contributed by atoms with Crippen molar-refractivity contribution < 1.29 is 9.90 Å². The second-order valence-corrected chi connectivity index (χ2v) is 4.64. The van der Waals surface area contributed by atoms with Crippen molar-refractivity contribution in [1.82, 2.24) is 20.3 Å². The van der Waals surface area contributed by atoms with Gasteiger partial charge in [0.15, 0.2) is 0 Å². The molecule has 3 N–H and O–H groups in total. The van der Waals surface area contributed by atoms with Crippen molar-refractivity contribution in [1.29, 1.82) is 0 Å². The number of hydrogen-bond donors (Lipinski definition) is 3. The summed E-state index contributed by atoms with van der Waals surface area (Å²) < 4.78 is 0. The van der Waals surface area contributed by atoms with Gasteiger partial charge in [0.05, 0.1) is 0 Å². The fourth-order valence-electron chi connectivity index (χ4n) is 2.29. The van der Waals surface area contributed by atoms with Crippen LogP contribution in [0, 0.1) is 0 Å². The van der Waals surface area contributed by atoms with Crippen LogP contribution in [0.25, 0.3) is 22.2 Å². The van der Waals surface area contributed by atoms with E-state index in [0.29, 0.717) is 13.0 Å². The number of fused-ring (bicyclic) bond motifs is 1. The Morgan fingerprint density at radius 3 is 3.00 bits per heavy atom. The number of amides is 1. The van der Waals surface area contributed by atoms with Crippen LogP contribution in [0.15, 0.2) is 42.9 Å². The lowest BCUT2D eigenvalue weighted by molar-refractivity contribution is 0.194. The number of aromatic nitrogens is 3. The highest BCUT2D eigenvalue weighted by atomic mass is 16.4. The monoisotopic (exact) mass is 282 g/mol. The lowest BCUT2D eigenvalue weighted by Gasteiger charge is -2.01. The van der Waals surface area contributed by atoms with Crippen molar-refractivity contribution >= 4 is 17.1 Å². The number of nitrogens with zero attached hydrogens (tertiary/aromatic N) is 2. The summed E-state index contributed by atoms with van der Waals surface area (Å²) >= 11 is 0. The summed E-state index contributed by atoms with van der Waals surface area (Å²) in [6, 6.07) is 7.85. The molecule has 0 atom stereocenters. The fraction of sp³-hybridized carbons (Fsp3) is 0.133. The molecule has 6 heteroatoms. The number of H-pyrrole nitrogens is 1. The quantitative estimate of drug-likeness (QED) is 0.685. The van der Waals surface area contributed by atoms with Crippen LogP contribution >= 0.6 is 0 Å². The number of hydrogen-bond acceptors (Lipinski definition) is 3. The van der Waals surface area contributed by atoms with Gasteiger partial charge in [-0.05, 0) is 23.8 Å². The van der Waals surface area contributed by atoms with Gasteiger partial charge in [-0.25, -0.2) is 9.78 Å². The van der Waals surface area contributed by atoms with Crippen molar-refractivity contribution in [3.05, 3.63) is 48.5 Å². The van der Waals surface area contributed by atoms with Gasteiger partial charge >= 0.3 is 6.09 Å². The Bertz CT molecular complexity index is 768. The summed E-state index contributed by atoms with van der Waals surface area (Å²) in [7, 11) is 0. The van der Waals surface area contributed by atoms with Gasteiger partial charge in [0.25, 0.3) is 0 Å². The van der Waals surface area contributed by atoms with Gasteiger partial charge in [0, 0.05) is 48.2 Å². The molecular formula is C15H14N4O2. The van der Waals surface area contributed by atoms with Crippen molar-refractivity contribution in [2.75, 3.05) is 6.54 Å². The van der Waals surface area contributed by atoms with E-state index in [1.165, 1.54) is 0 Å². The Kier molecular flexibility index (Phi) is 3.51. The minimum Gasteiger partial charge on any atom is -0.465 e. The van der Waals surface area contributed by atoms with Gasteiger partial charge in [-0.3, -0.25) is 4.98 Å². The molecule has 6 nitrogen and oxygen atoms in total. The van der Waals surface area contributed by atoms with Crippen molar-refractivity contribution in [2.24, 2.45) is 0 Å². The molecule has 0 radical (unpaired) electrons. The standard InChI is InChI=1S/C15H14N4O2/c20-15(21)18-6-3-11-8-13-12(4-7-17-14(13)19-11)10-2-1-5-16-9-10/h1-2,4-5,7-9,18H,3,6H2,(H,17,19)(H,20,21). The topological polar surface area (TPSA) is 90.9 Å². The number of pyridine rings is 2. The molecule has 1 amide bonds. The zero-order chi connectivity index (χ0) is 14.7. The summed E-state index contributed by atoms with van der Waals surface area (Å²) in [6.07, 6.45) is 4.88. The van der Waals surface area contributed by atoms with Crippen LogP contribution in [-0.2, 0) is 6.42 Å². The molecule has 21 heavy (non-hydrogen) atoms. The lowest BCUT2D eigenvalue weighted by atomic mass is 10.1. The Morgan fingerprint density at radius 1 is 1.33 bits per heavy atom. The van der Waals surface area contributed by atoms with Gasteiger partial charge < -0.3 is 15.4 Å². The normalized spacial score (nSPS) is 10.7. The van der Waals surface area contributed by atoms with Gasteiger partial charge in [0.2, 0.25) is 0 Å². The molecular weight excluding hydrogens is 268 g/mol. The average molecular weight is 282 g/mol. The third-order valence-corrected chi connectivity index (χ3v) is 3.23. The van der Waals surface area contributed by atoms with Gasteiger partial charge in [0.1, 0.15) is 5.65 Å². The molecule has 0 saturated heterocycles. The Balaban J connectivity index is 1.93. The first-order chi connectivity index (χ1) is 10.2. The minimum atomic E-state index is -1.01. The third kappa shape index (κ3) is 2.84. The first-order valence-electron chi connectivity index (χ1n) is 6.58. The Labute approximate surface area is 120 Å². The molecule has 0 aliphatic heterocycles. The minimum absolute atomic E-state index is 0.365. The van der Waals surface area contributed by atoms with Gasteiger partial charge in [-0.2, -0.15) is 0 Å². The van der Waals surface area contributed by atoms with E-state index in [-0.39, 0.29) is 0 Å². The van der Waals surface area contributed by atoms with E-state index in [2.05, 4.69) is 20.3 Å². The van der Waals surface area contributed by atoms with Crippen LogP contribution in [0.3, 0.4) is 0 Å². The largest absolute Gasteiger partial charge is 0.465 e. The van der Waals surface area contributed by atoms with E-state index in [4.69, 9.17) is 5.11 Å². The van der Waals surface area contributed by atoms with Crippen molar-refractivity contribution in [2.45, 2.75) is 6.42 Å². The van der Waals surface area contributed by atoms with Gasteiger partial charge in [-0.1, -0.05) is 6.07 Å². The zero-order valence-electron chi connectivity index (χ0n) is 11.2. The number of carboxylic acid groups (broad SMARTS) is 1. The Hall–Kier alpha value is -2.89. The number of aromatic amines is 1. The molecule has 0 fully saturated rings. The predicted octanol–water partition coefficient (Wildman–Crippen LogP) is 2.43. The molecule has 0 aromatic carbocycles. The molecule has 106 valence electrons. The van der Waals surface area contributed by atoms with Crippen LogP contribution in [0.1, 0.15) is 5.69 Å². The first kappa shape index (κ1) is 13.1. The van der Waals surface area contributed by atoms with E-state index < -0.39 is 6.09 Å². The van der Waals surface area contributed by atoms with E-state index in [1.807, 2.05) is 30.5 Å². The number of rotatable bonds is 4. The van der Waals surface area contributed by atoms with E-state index in [1.54, 1.807) is 12.4 Å². The second-order valence-electron chi connectivity index (χ2n) is 4.64. The van der Waals surface area contributed by atoms with E-state index in [9.17, 15) is 4.79 Å². The molecule has 3 heterocycles. The van der Waals surface area contributed by atoms with Crippen LogP contribution in [-0.4, -0.2) is 32.7 Å². The van der Waals surface area contributed by atoms with Crippen LogP contribution in [0.2, 0.25) is 0 Å². The van der Waals surface area contributed by atoms with E-state index >= 15 is 0 Å². The summed E-state index contributed by atoms with van der Waals surface area (Å²) in [6.45, 7) is 0.365. The molecule has 0 spiro atoms.